The first-order valence-corrected chi connectivity index (χ1v) is 7.48. The van der Waals surface area contributed by atoms with Gasteiger partial charge in [-0.25, -0.2) is 0 Å². The molecule has 0 aliphatic heterocycles. The van der Waals surface area contributed by atoms with Crippen LogP contribution in [0.15, 0.2) is 40.9 Å². The molecule has 4 heteroatoms. The van der Waals surface area contributed by atoms with Crippen molar-refractivity contribution in [2.75, 3.05) is 21.3 Å². The van der Waals surface area contributed by atoms with Crippen molar-refractivity contribution < 1.29 is 14.2 Å². The number of benzene rings is 2. The summed E-state index contributed by atoms with van der Waals surface area (Å²) < 4.78 is 17.9. The van der Waals surface area contributed by atoms with E-state index < -0.39 is 5.79 Å². The van der Waals surface area contributed by atoms with Crippen molar-refractivity contribution in [1.29, 1.82) is 0 Å². The van der Waals surface area contributed by atoms with Crippen LogP contribution in [0.4, 0.5) is 0 Å². The molecule has 110 valence electrons. The minimum atomic E-state index is -0.852. The van der Waals surface area contributed by atoms with Gasteiger partial charge in [-0.05, 0) is 34.9 Å². The van der Waals surface area contributed by atoms with Gasteiger partial charge < -0.3 is 14.2 Å². The smallest absolute Gasteiger partial charge is 0.223 e. The monoisotopic (exact) mass is 348 g/mol. The van der Waals surface area contributed by atoms with Gasteiger partial charge >= 0.3 is 0 Å². The van der Waals surface area contributed by atoms with Crippen LogP contribution in [-0.2, 0) is 26.6 Å². The highest BCUT2D eigenvalue weighted by Gasteiger charge is 2.44. The second-order valence-corrected chi connectivity index (χ2v) is 5.94. The van der Waals surface area contributed by atoms with E-state index in [1.165, 1.54) is 0 Å². The van der Waals surface area contributed by atoms with E-state index in [1.54, 1.807) is 21.3 Å². The molecule has 1 aliphatic carbocycles. The molecule has 21 heavy (non-hydrogen) atoms. The van der Waals surface area contributed by atoms with Crippen LogP contribution >= 0.6 is 15.9 Å². The van der Waals surface area contributed by atoms with E-state index in [-0.39, 0.29) is 0 Å². The second kappa shape index (κ2) is 5.54. The zero-order valence-corrected chi connectivity index (χ0v) is 13.9. The van der Waals surface area contributed by atoms with E-state index in [4.69, 9.17) is 14.2 Å². The first kappa shape index (κ1) is 14.7. The van der Waals surface area contributed by atoms with Crippen LogP contribution in [-0.4, -0.2) is 21.3 Å². The van der Waals surface area contributed by atoms with E-state index >= 15 is 0 Å². The normalized spacial score (nSPS) is 14.9. The van der Waals surface area contributed by atoms with Gasteiger partial charge in [0.15, 0.2) is 0 Å². The standard InChI is InChI=1S/C17H17BrO3/c1-19-10-11-4-6-13-14-9-12(18)5-7-15(14)17(20-2,21-3)16(13)8-11/h4-9H,10H2,1-3H3. The van der Waals surface area contributed by atoms with E-state index in [1.807, 2.05) is 12.1 Å². The topological polar surface area (TPSA) is 27.7 Å². The van der Waals surface area contributed by atoms with Gasteiger partial charge in [0.05, 0.1) is 6.61 Å². The Labute approximate surface area is 133 Å². The molecule has 0 atom stereocenters. The summed E-state index contributed by atoms with van der Waals surface area (Å²) in [4.78, 5) is 0. The van der Waals surface area contributed by atoms with Crippen molar-refractivity contribution in [3.63, 3.8) is 0 Å². The fourth-order valence-corrected chi connectivity index (χ4v) is 3.41. The van der Waals surface area contributed by atoms with Crippen molar-refractivity contribution >= 4 is 15.9 Å². The quantitative estimate of drug-likeness (QED) is 0.779. The predicted molar refractivity (Wildman–Crippen MR) is 85.1 cm³/mol. The molecule has 0 aromatic heterocycles. The molecule has 0 heterocycles. The van der Waals surface area contributed by atoms with Crippen molar-refractivity contribution in [3.8, 4) is 11.1 Å². The molecule has 3 rings (SSSR count). The summed E-state index contributed by atoms with van der Waals surface area (Å²) in [5.41, 5.74) is 5.42. The summed E-state index contributed by atoms with van der Waals surface area (Å²) >= 11 is 3.54. The first-order chi connectivity index (χ1) is 10.2. The third kappa shape index (κ3) is 2.14. The summed E-state index contributed by atoms with van der Waals surface area (Å²) in [5.74, 6) is -0.852. The van der Waals surface area contributed by atoms with Crippen molar-refractivity contribution in [2.45, 2.75) is 12.4 Å². The molecule has 0 amide bonds. The van der Waals surface area contributed by atoms with Gasteiger partial charge in [0.25, 0.3) is 0 Å². The zero-order valence-electron chi connectivity index (χ0n) is 12.3. The average molecular weight is 349 g/mol. The molecule has 0 N–H and O–H groups in total. The van der Waals surface area contributed by atoms with Crippen molar-refractivity contribution in [2.24, 2.45) is 0 Å². The lowest BCUT2D eigenvalue weighted by atomic mass is 10.0. The summed E-state index contributed by atoms with van der Waals surface area (Å²) in [7, 11) is 5.04. The van der Waals surface area contributed by atoms with E-state index in [0.717, 1.165) is 32.3 Å². The SMILES string of the molecule is COCc1ccc2c(c1)C(OC)(OC)c1ccc(Br)cc1-2. The minimum absolute atomic E-state index is 0.566. The molecule has 0 bridgehead atoms. The van der Waals surface area contributed by atoms with Crippen molar-refractivity contribution in [3.05, 3.63) is 57.6 Å². The van der Waals surface area contributed by atoms with Gasteiger partial charge in [0, 0.05) is 36.9 Å². The number of methoxy groups -OCH3 is 3. The Balaban J connectivity index is 2.27. The molecule has 0 unspecified atom stereocenters. The molecular weight excluding hydrogens is 332 g/mol. The molecule has 0 saturated carbocycles. The van der Waals surface area contributed by atoms with Gasteiger partial charge in [0.1, 0.15) is 0 Å². The third-order valence-corrected chi connectivity index (χ3v) is 4.44. The number of rotatable bonds is 4. The lowest BCUT2D eigenvalue weighted by Gasteiger charge is -2.28. The Morgan fingerprint density at radius 1 is 0.905 bits per heavy atom. The van der Waals surface area contributed by atoms with Crippen LogP contribution in [0.25, 0.3) is 11.1 Å². The molecule has 0 fully saturated rings. The fourth-order valence-electron chi connectivity index (χ4n) is 3.05. The highest BCUT2D eigenvalue weighted by atomic mass is 79.9. The molecule has 2 aromatic carbocycles. The second-order valence-electron chi connectivity index (χ2n) is 5.03. The van der Waals surface area contributed by atoms with Crippen LogP contribution in [0.2, 0.25) is 0 Å². The summed E-state index contributed by atoms with van der Waals surface area (Å²) in [6.07, 6.45) is 0. The number of fused-ring (bicyclic) bond motifs is 3. The maximum absolute atomic E-state index is 5.80. The van der Waals surface area contributed by atoms with E-state index in [9.17, 15) is 0 Å². The molecule has 3 nitrogen and oxygen atoms in total. The Kier molecular flexibility index (Phi) is 3.88. The van der Waals surface area contributed by atoms with Gasteiger partial charge in [-0.15, -0.1) is 0 Å². The van der Waals surface area contributed by atoms with Crippen molar-refractivity contribution in [1.82, 2.24) is 0 Å². The number of halogens is 1. The molecule has 0 saturated heterocycles. The lowest BCUT2D eigenvalue weighted by Crippen LogP contribution is -2.29. The largest absolute Gasteiger partial charge is 0.380 e. The summed E-state index contributed by atoms with van der Waals surface area (Å²) in [6, 6.07) is 12.4. The number of hydrogen-bond donors (Lipinski definition) is 0. The van der Waals surface area contributed by atoms with Crippen LogP contribution in [0.1, 0.15) is 16.7 Å². The fraction of sp³-hybridized carbons (Fsp3) is 0.294. The summed E-state index contributed by atoms with van der Waals surface area (Å²) in [6.45, 7) is 0.566. The van der Waals surface area contributed by atoms with Crippen LogP contribution in [0, 0.1) is 0 Å². The van der Waals surface area contributed by atoms with Gasteiger partial charge in [-0.2, -0.15) is 0 Å². The molecule has 1 aliphatic rings. The Morgan fingerprint density at radius 2 is 1.67 bits per heavy atom. The van der Waals surface area contributed by atoms with Gasteiger partial charge in [-0.1, -0.05) is 34.1 Å². The predicted octanol–water partition coefficient (Wildman–Crippen LogP) is 4.07. The van der Waals surface area contributed by atoms with Gasteiger partial charge in [0.2, 0.25) is 5.79 Å². The Morgan fingerprint density at radius 3 is 2.33 bits per heavy atom. The highest BCUT2D eigenvalue weighted by Crippen LogP contribution is 2.50. The molecular formula is C17H17BrO3. The zero-order chi connectivity index (χ0) is 15.0. The first-order valence-electron chi connectivity index (χ1n) is 6.69. The Hall–Kier alpha value is -1.20. The molecule has 0 spiro atoms. The maximum Gasteiger partial charge on any atom is 0.223 e. The van der Waals surface area contributed by atoms with E-state index in [0.29, 0.717) is 6.61 Å². The third-order valence-electron chi connectivity index (χ3n) is 3.95. The van der Waals surface area contributed by atoms with E-state index in [2.05, 4.69) is 40.2 Å². The van der Waals surface area contributed by atoms with Crippen LogP contribution in [0.5, 0.6) is 0 Å². The maximum atomic E-state index is 5.80. The Bertz CT molecular complexity index is 678. The lowest BCUT2D eigenvalue weighted by molar-refractivity contribution is -0.180. The van der Waals surface area contributed by atoms with Crippen LogP contribution in [0.3, 0.4) is 0 Å². The summed E-state index contributed by atoms with van der Waals surface area (Å²) in [5, 5.41) is 0. The minimum Gasteiger partial charge on any atom is -0.380 e. The van der Waals surface area contributed by atoms with Crippen LogP contribution < -0.4 is 0 Å². The molecule has 0 radical (unpaired) electrons. The number of hydrogen-bond acceptors (Lipinski definition) is 3. The molecule has 2 aromatic rings. The average Bonchev–Trinajstić information content (AvgIpc) is 2.77. The number of ether oxygens (including phenoxy) is 3. The highest BCUT2D eigenvalue weighted by molar-refractivity contribution is 9.10. The van der Waals surface area contributed by atoms with Gasteiger partial charge in [-0.3, -0.25) is 0 Å².